The van der Waals surface area contributed by atoms with Crippen molar-refractivity contribution in [3.63, 3.8) is 0 Å². The summed E-state index contributed by atoms with van der Waals surface area (Å²) in [5, 5.41) is 8.51. The second-order valence-electron chi connectivity index (χ2n) is 7.82. The van der Waals surface area contributed by atoms with Crippen LogP contribution in [0.5, 0.6) is 0 Å². The van der Waals surface area contributed by atoms with Gasteiger partial charge < -0.3 is 10.2 Å². The molecule has 30 heavy (non-hydrogen) atoms. The molecular formula is C24H28N4O2. The van der Waals surface area contributed by atoms with Crippen LogP contribution in [0.25, 0.3) is 10.9 Å². The smallest absolute Gasteiger partial charge is 0.251 e. The van der Waals surface area contributed by atoms with E-state index in [2.05, 4.69) is 10.4 Å². The van der Waals surface area contributed by atoms with Crippen LogP contribution in [0.3, 0.4) is 0 Å². The molecule has 1 aliphatic rings. The van der Waals surface area contributed by atoms with E-state index in [0.717, 1.165) is 43.1 Å². The Morgan fingerprint density at radius 3 is 2.70 bits per heavy atom. The van der Waals surface area contributed by atoms with E-state index >= 15 is 0 Å². The lowest BCUT2D eigenvalue weighted by Crippen LogP contribution is -2.45. The van der Waals surface area contributed by atoms with Crippen molar-refractivity contribution in [1.82, 2.24) is 20.0 Å². The molecule has 0 aliphatic carbocycles. The van der Waals surface area contributed by atoms with Gasteiger partial charge in [0.2, 0.25) is 5.91 Å². The van der Waals surface area contributed by atoms with E-state index in [1.807, 2.05) is 70.4 Å². The van der Waals surface area contributed by atoms with Crippen molar-refractivity contribution in [2.45, 2.75) is 44.7 Å². The Balaban J connectivity index is 1.30. The molecule has 0 saturated carbocycles. The Morgan fingerprint density at radius 1 is 1.03 bits per heavy atom. The number of hydrogen-bond donors (Lipinski definition) is 1. The maximum absolute atomic E-state index is 13.0. The number of aryl methyl sites for hydroxylation is 1. The number of likely N-dealkylation sites (tertiary alicyclic amines) is 1. The summed E-state index contributed by atoms with van der Waals surface area (Å²) in [6.45, 7) is 1.96. The van der Waals surface area contributed by atoms with Crippen molar-refractivity contribution in [2.24, 2.45) is 0 Å². The Bertz CT molecular complexity index is 999. The van der Waals surface area contributed by atoms with Crippen LogP contribution in [0.4, 0.5) is 0 Å². The topological polar surface area (TPSA) is 67.2 Å². The summed E-state index contributed by atoms with van der Waals surface area (Å²) in [5.41, 5.74) is 1.73. The van der Waals surface area contributed by atoms with Crippen LogP contribution < -0.4 is 5.32 Å². The minimum atomic E-state index is -0.0603. The molecule has 0 bridgehead atoms. The molecule has 2 aromatic carbocycles. The van der Waals surface area contributed by atoms with E-state index < -0.39 is 0 Å². The lowest BCUT2D eigenvalue weighted by molar-refractivity contribution is -0.135. The van der Waals surface area contributed by atoms with E-state index in [4.69, 9.17) is 0 Å². The van der Waals surface area contributed by atoms with Gasteiger partial charge in [0.05, 0.1) is 18.3 Å². The van der Waals surface area contributed by atoms with Gasteiger partial charge in [-0.15, -0.1) is 0 Å². The summed E-state index contributed by atoms with van der Waals surface area (Å²) >= 11 is 0. The molecule has 156 valence electrons. The summed E-state index contributed by atoms with van der Waals surface area (Å²) in [6, 6.07) is 17.5. The minimum Gasteiger partial charge on any atom is -0.352 e. The van der Waals surface area contributed by atoms with Gasteiger partial charge in [0.25, 0.3) is 5.91 Å². The number of rotatable bonds is 7. The molecule has 0 spiro atoms. The van der Waals surface area contributed by atoms with Crippen LogP contribution in [-0.2, 0) is 11.3 Å². The quantitative estimate of drug-likeness (QED) is 0.654. The van der Waals surface area contributed by atoms with E-state index in [1.54, 1.807) is 0 Å². The Morgan fingerprint density at radius 2 is 1.83 bits per heavy atom. The van der Waals surface area contributed by atoms with Crippen LogP contribution in [0.2, 0.25) is 0 Å². The number of hydrogen-bond acceptors (Lipinski definition) is 3. The zero-order valence-electron chi connectivity index (χ0n) is 17.2. The summed E-state index contributed by atoms with van der Waals surface area (Å²) in [6.07, 6.45) is 6.25. The third kappa shape index (κ3) is 4.70. The first-order valence-corrected chi connectivity index (χ1v) is 10.8. The maximum atomic E-state index is 13.0. The maximum Gasteiger partial charge on any atom is 0.251 e. The summed E-state index contributed by atoms with van der Waals surface area (Å²) in [4.78, 5) is 27.2. The fraction of sp³-hybridized carbons (Fsp3) is 0.375. The zero-order valence-corrected chi connectivity index (χ0v) is 17.2. The first-order chi connectivity index (χ1) is 14.7. The van der Waals surface area contributed by atoms with Crippen molar-refractivity contribution in [3.8, 4) is 0 Å². The van der Waals surface area contributed by atoms with Gasteiger partial charge in [-0.05, 0) is 43.9 Å². The number of aromatic nitrogens is 2. The molecule has 1 aliphatic heterocycles. The number of amides is 2. The number of carbonyl (C=O) groups is 2. The number of benzene rings is 2. The highest BCUT2D eigenvalue weighted by atomic mass is 16.2. The van der Waals surface area contributed by atoms with E-state index in [1.165, 1.54) is 0 Å². The van der Waals surface area contributed by atoms with Gasteiger partial charge in [0.15, 0.2) is 0 Å². The Hall–Kier alpha value is -3.15. The summed E-state index contributed by atoms with van der Waals surface area (Å²) in [5.74, 6) is 0.114. The number of para-hydroxylation sites is 1. The van der Waals surface area contributed by atoms with E-state index in [0.29, 0.717) is 25.1 Å². The number of nitrogens with zero attached hydrogens (tertiary/aromatic N) is 3. The van der Waals surface area contributed by atoms with Crippen LogP contribution >= 0.6 is 0 Å². The van der Waals surface area contributed by atoms with Crippen LogP contribution in [-0.4, -0.2) is 45.6 Å². The highest BCUT2D eigenvalue weighted by molar-refractivity contribution is 5.94. The van der Waals surface area contributed by atoms with Crippen molar-refractivity contribution in [3.05, 3.63) is 66.4 Å². The van der Waals surface area contributed by atoms with Gasteiger partial charge in [-0.3, -0.25) is 14.3 Å². The Kier molecular flexibility index (Phi) is 6.42. The summed E-state index contributed by atoms with van der Waals surface area (Å²) in [7, 11) is 0. The molecular weight excluding hydrogens is 376 g/mol. The molecule has 1 atom stereocenters. The highest BCUT2D eigenvalue weighted by Gasteiger charge is 2.26. The average molecular weight is 405 g/mol. The molecule has 0 radical (unpaired) electrons. The normalized spacial score (nSPS) is 16.5. The Labute approximate surface area is 176 Å². The van der Waals surface area contributed by atoms with Gasteiger partial charge in [-0.25, -0.2) is 0 Å². The van der Waals surface area contributed by atoms with Crippen LogP contribution in [0.15, 0.2) is 60.8 Å². The molecule has 4 rings (SSSR count). The SMILES string of the molecule is O=C(NCC[C@@H]1CCCCN1C(=O)CCn1ncc2ccccc21)c1ccccc1. The van der Waals surface area contributed by atoms with Gasteiger partial charge in [0, 0.05) is 36.5 Å². The first kappa shape index (κ1) is 20.1. The van der Waals surface area contributed by atoms with E-state index in [-0.39, 0.29) is 17.9 Å². The lowest BCUT2D eigenvalue weighted by atomic mass is 9.98. The largest absolute Gasteiger partial charge is 0.352 e. The number of piperidine rings is 1. The first-order valence-electron chi connectivity index (χ1n) is 10.8. The highest BCUT2D eigenvalue weighted by Crippen LogP contribution is 2.21. The molecule has 1 fully saturated rings. The van der Waals surface area contributed by atoms with Crippen molar-refractivity contribution >= 4 is 22.7 Å². The molecule has 1 N–H and O–H groups in total. The molecule has 3 aromatic rings. The van der Waals surface area contributed by atoms with Gasteiger partial charge >= 0.3 is 0 Å². The minimum absolute atomic E-state index is 0.0603. The molecule has 1 saturated heterocycles. The number of nitrogens with one attached hydrogen (secondary N) is 1. The predicted octanol–water partition coefficient (Wildman–Crippen LogP) is 3.63. The van der Waals surface area contributed by atoms with Gasteiger partial charge in [-0.1, -0.05) is 36.4 Å². The fourth-order valence-electron chi connectivity index (χ4n) is 4.22. The fourth-order valence-corrected chi connectivity index (χ4v) is 4.22. The third-order valence-electron chi connectivity index (χ3n) is 5.84. The monoisotopic (exact) mass is 404 g/mol. The zero-order chi connectivity index (χ0) is 20.8. The molecule has 6 nitrogen and oxygen atoms in total. The predicted molar refractivity (Wildman–Crippen MR) is 117 cm³/mol. The van der Waals surface area contributed by atoms with Crippen LogP contribution in [0.1, 0.15) is 42.5 Å². The third-order valence-corrected chi connectivity index (χ3v) is 5.84. The van der Waals surface area contributed by atoms with Crippen molar-refractivity contribution < 1.29 is 9.59 Å². The molecule has 0 unspecified atom stereocenters. The van der Waals surface area contributed by atoms with Crippen molar-refractivity contribution in [2.75, 3.05) is 13.1 Å². The second-order valence-corrected chi connectivity index (χ2v) is 7.82. The average Bonchev–Trinajstić information content (AvgIpc) is 3.21. The molecule has 1 aromatic heterocycles. The lowest BCUT2D eigenvalue weighted by Gasteiger charge is -2.36. The van der Waals surface area contributed by atoms with Crippen LogP contribution in [0, 0.1) is 0 Å². The van der Waals surface area contributed by atoms with Gasteiger partial charge in [0.1, 0.15) is 0 Å². The number of fused-ring (bicyclic) bond motifs is 1. The number of carbonyl (C=O) groups excluding carboxylic acids is 2. The van der Waals surface area contributed by atoms with E-state index in [9.17, 15) is 9.59 Å². The standard InChI is InChI=1S/C24H28N4O2/c29-23(14-17-28-22-12-5-4-10-20(22)18-26-28)27-16-7-6-11-21(27)13-15-25-24(30)19-8-2-1-3-9-19/h1-5,8-10,12,18,21H,6-7,11,13-17H2,(H,25,30)/t21-/m0/s1. The molecule has 2 heterocycles. The second kappa shape index (κ2) is 9.57. The van der Waals surface area contributed by atoms with Gasteiger partial charge in [-0.2, -0.15) is 5.10 Å². The summed E-state index contributed by atoms with van der Waals surface area (Å²) < 4.78 is 1.91. The van der Waals surface area contributed by atoms with Crippen molar-refractivity contribution in [1.29, 1.82) is 0 Å². The molecule has 6 heteroatoms. The molecule has 2 amide bonds.